The average Bonchev–Trinajstić information content (AvgIpc) is 3.00. The molecule has 2 N–H and O–H groups in total. The molecule has 0 radical (unpaired) electrons. The molecule has 19 heavy (non-hydrogen) atoms. The van der Waals surface area contributed by atoms with E-state index in [-0.39, 0.29) is 5.82 Å². The third kappa shape index (κ3) is 2.54. The predicted molar refractivity (Wildman–Crippen MR) is 76.8 cm³/mol. The van der Waals surface area contributed by atoms with Crippen LogP contribution in [0.3, 0.4) is 0 Å². The summed E-state index contributed by atoms with van der Waals surface area (Å²) in [6, 6.07) is 7.00. The van der Waals surface area contributed by atoms with Crippen molar-refractivity contribution in [3.05, 3.63) is 58.4 Å². The number of aromatic amines is 2. The van der Waals surface area contributed by atoms with Crippen LogP contribution in [0.4, 0.5) is 4.39 Å². The standard InChI is InChI=1S/C15H15FN2S/c16-14-7-2-1-5-13(14)12-6-3-4-10(12)8-11-9-17-15(19)18-11/h1-2,5-7,9-10H,3-4,8H2,(H2,17,18,19). The molecule has 1 unspecified atom stereocenters. The number of hydrogen-bond donors (Lipinski definition) is 2. The topological polar surface area (TPSA) is 31.6 Å². The Bertz CT molecular complexity index is 669. The number of imidazole rings is 1. The lowest BCUT2D eigenvalue weighted by molar-refractivity contribution is 0.606. The molecule has 0 spiro atoms. The molecule has 0 saturated heterocycles. The van der Waals surface area contributed by atoms with Gasteiger partial charge in [-0.05, 0) is 49.0 Å². The fourth-order valence-corrected chi connectivity index (χ4v) is 2.94. The molecule has 0 saturated carbocycles. The van der Waals surface area contributed by atoms with Crippen molar-refractivity contribution < 1.29 is 4.39 Å². The first kappa shape index (κ1) is 12.4. The van der Waals surface area contributed by atoms with Gasteiger partial charge in [0, 0.05) is 17.5 Å². The van der Waals surface area contributed by atoms with E-state index in [9.17, 15) is 4.39 Å². The van der Waals surface area contributed by atoms with Gasteiger partial charge in [-0.25, -0.2) is 4.39 Å². The molecule has 1 aromatic carbocycles. The van der Waals surface area contributed by atoms with E-state index < -0.39 is 0 Å². The van der Waals surface area contributed by atoms with E-state index >= 15 is 0 Å². The Morgan fingerprint density at radius 2 is 2.16 bits per heavy atom. The molecule has 1 atom stereocenters. The first-order valence-corrected chi connectivity index (χ1v) is 6.86. The van der Waals surface area contributed by atoms with Gasteiger partial charge >= 0.3 is 0 Å². The zero-order chi connectivity index (χ0) is 13.2. The van der Waals surface area contributed by atoms with E-state index in [0.717, 1.165) is 36.1 Å². The third-order valence-corrected chi connectivity index (χ3v) is 3.84. The molecule has 0 aliphatic heterocycles. The number of allylic oxidation sites excluding steroid dienone is 2. The second kappa shape index (κ2) is 5.13. The zero-order valence-corrected chi connectivity index (χ0v) is 11.3. The highest BCUT2D eigenvalue weighted by atomic mass is 32.1. The minimum absolute atomic E-state index is 0.136. The van der Waals surface area contributed by atoms with Gasteiger partial charge in [-0.15, -0.1) is 0 Å². The SMILES string of the molecule is Fc1ccccc1C1=CCCC1Cc1c[nH]c(=S)[nH]1. The molecule has 0 bridgehead atoms. The molecule has 3 rings (SSSR count). The molecule has 0 fully saturated rings. The van der Waals surface area contributed by atoms with Crippen LogP contribution in [0.15, 0.2) is 36.5 Å². The third-order valence-electron chi connectivity index (χ3n) is 3.62. The lowest BCUT2D eigenvalue weighted by Gasteiger charge is -2.15. The maximum atomic E-state index is 13.9. The van der Waals surface area contributed by atoms with Gasteiger partial charge in [-0.1, -0.05) is 24.3 Å². The van der Waals surface area contributed by atoms with Gasteiger partial charge in [0.25, 0.3) is 0 Å². The van der Waals surface area contributed by atoms with Crippen molar-refractivity contribution in [1.29, 1.82) is 0 Å². The lowest BCUT2D eigenvalue weighted by atomic mass is 9.91. The van der Waals surface area contributed by atoms with Crippen LogP contribution in [-0.2, 0) is 6.42 Å². The highest BCUT2D eigenvalue weighted by molar-refractivity contribution is 7.71. The number of aromatic nitrogens is 2. The van der Waals surface area contributed by atoms with Gasteiger partial charge in [0.15, 0.2) is 4.77 Å². The van der Waals surface area contributed by atoms with Crippen molar-refractivity contribution in [3.8, 4) is 0 Å². The maximum absolute atomic E-state index is 13.9. The molecule has 2 aromatic rings. The number of H-pyrrole nitrogens is 2. The second-order valence-corrected chi connectivity index (χ2v) is 5.29. The summed E-state index contributed by atoms with van der Waals surface area (Å²) in [6.07, 6.45) is 7.01. The van der Waals surface area contributed by atoms with E-state index in [1.807, 2.05) is 18.3 Å². The van der Waals surface area contributed by atoms with Crippen LogP contribution in [0.2, 0.25) is 0 Å². The van der Waals surface area contributed by atoms with Crippen LogP contribution in [-0.4, -0.2) is 9.97 Å². The molecule has 1 aromatic heterocycles. The molecule has 4 heteroatoms. The zero-order valence-electron chi connectivity index (χ0n) is 10.4. The van der Waals surface area contributed by atoms with E-state index in [1.165, 1.54) is 6.07 Å². The van der Waals surface area contributed by atoms with Gasteiger partial charge in [0.05, 0.1) is 0 Å². The second-order valence-electron chi connectivity index (χ2n) is 4.89. The Balaban J connectivity index is 1.86. The summed E-state index contributed by atoms with van der Waals surface area (Å²) in [7, 11) is 0. The van der Waals surface area contributed by atoms with Crippen molar-refractivity contribution in [1.82, 2.24) is 9.97 Å². The Morgan fingerprint density at radius 1 is 1.32 bits per heavy atom. The largest absolute Gasteiger partial charge is 0.337 e. The quantitative estimate of drug-likeness (QED) is 0.806. The predicted octanol–water partition coefficient (Wildman–Crippen LogP) is 4.25. The average molecular weight is 274 g/mol. The Morgan fingerprint density at radius 3 is 2.89 bits per heavy atom. The number of halogens is 1. The monoisotopic (exact) mass is 274 g/mol. The van der Waals surface area contributed by atoms with Crippen molar-refractivity contribution >= 4 is 17.8 Å². The smallest absolute Gasteiger partial charge is 0.174 e. The van der Waals surface area contributed by atoms with E-state index in [2.05, 4.69) is 16.0 Å². The molecular weight excluding hydrogens is 259 g/mol. The fourth-order valence-electron chi connectivity index (χ4n) is 2.75. The van der Waals surface area contributed by atoms with E-state index in [1.54, 1.807) is 6.07 Å². The summed E-state index contributed by atoms with van der Waals surface area (Å²) < 4.78 is 14.5. The summed E-state index contributed by atoms with van der Waals surface area (Å²) in [6.45, 7) is 0. The first-order chi connectivity index (χ1) is 9.24. The van der Waals surface area contributed by atoms with Crippen molar-refractivity contribution in [2.75, 3.05) is 0 Å². The Labute approximate surface area is 116 Å². The van der Waals surface area contributed by atoms with Crippen molar-refractivity contribution in [2.45, 2.75) is 19.3 Å². The number of hydrogen-bond acceptors (Lipinski definition) is 1. The van der Waals surface area contributed by atoms with Crippen LogP contribution in [0.1, 0.15) is 24.1 Å². The van der Waals surface area contributed by atoms with Gasteiger partial charge in [0.1, 0.15) is 5.82 Å². The van der Waals surface area contributed by atoms with Gasteiger partial charge in [0.2, 0.25) is 0 Å². The molecule has 1 aliphatic carbocycles. The van der Waals surface area contributed by atoms with Crippen LogP contribution >= 0.6 is 12.2 Å². The molecular formula is C15H15FN2S. The normalized spacial score (nSPS) is 18.6. The van der Waals surface area contributed by atoms with Crippen LogP contribution < -0.4 is 0 Å². The first-order valence-electron chi connectivity index (χ1n) is 6.45. The fraction of sp³-hybridized carbons (Fsp3) is 0.267. The summed E-state index contributed by atoms with van der Waals surface area (Å²) in [4.78, 5) is 6.10. The summed E-state index contributed by atoms with van der Waals surface area (Å²) in [5.74, 6) is 0.223. The summed E-state index contributed by atoms with van der Waals surface area (Å²) in [5.41, 5.74) is 2.94. The Kier molecular flexibility index (Phi) is 3.34. The number of benzene rings is 1. The summed E-state index contributed by atoms with van der Waals surface area (Å²) in [5, 5.41) is 0. The van der Waals surface area contributed by atoms with Crippen molar-refractivity contribution in [3.63, 3.8) is 0 Å². The number of nitrogens with one attached hydrogen (secondary N) is 2. The maximum Gasteiger partial charge on any atom is 0.174 e. The van der Waals surface area contributed by atoms with E-state index in [4.69, 9.17) is 12.2 Å². The van der Waals surface area contributed by atoms with Gasteiger partial charge in [-0.3, -0.25) is 0 Å². The van der Waals surface area contributed by atoms with Crippen LogP contribution in [0, 0.1) is 16.5 Å². The number of rotatable bonds is 3. The van der Waals surface area contributed by atoms with Gasteiger partial charge in [-0.2, -0.15) is 0 Å². The highest BCUT2D eigenvalue weighted by Crippen LogP contribution is 2.36. The minimum atomic E-state index is -0.136. The Hall–Kier alpha value is -1.68. The molecule has 2 nitrogen and oxygen atoms in total. The molecule has 1 aliphatic rings. The van der Waals surface area contributed by atoms with Crippen LogP contribution in [0.25, 0.3) is 5.57 Å². The summed E-state index contributed by atoms with van der Waals surface area (Å²) >= 11 is 5.03. The van der Waals surface area contributed by atoms with E-state index in [0.29, 0.717) is 10.7 Å². The highest BCUT2D eigenvalue weighted by Gasteiger charge is 2.23. The molecule has 1 heterocycles. The molecule has 0 amide bonds. The lowest BCUT2D eigenvalue weighted by Crippen LogP contribution is -2.05. The molecule has 98 valence electrons. The van der Waals surface area contributed by atoms with Gasteiger partial charge < -0.3 is 9.97 Å². The minimum Gasteiger partial charge on any atom is -0.337 e. The van der Waals surface area contributed by atoms with Crippen LogP contribution in [0.5, 0.6) is 0 Å². The van der Waals surface area contributed by atoms with Crippen molar-refractivity contribution in [2.24, 2.45) is 5.92 Å².